The van der Waals surface area contributed by atoms with Crippen LogP contribution in [0.5, 0.6) is 5.75 Å². The van der Waals surface area contributed by atoms with E-state index in [-0.39, 0.29) is 17.2 Å². The number of aromatic nitrogens is 3. The maximum atomic E-state index is 5.67. The van der Waals surface area contributed by atoms with Crippen molar-refractivity contribution in [1.29, 1.82) is 0 Å². The van der Waals surface area contributed by atoms with Crippen LogP contribution in [-0.2, 0) is 0 Å². The molecule has 2 rings (SSSR count). The normalized spacial score (nSPS) is 10.0. The Morgan fingerprint density at radius 2 is 2.12 bits per heavy atom. The van der Waals surface area contributed by atoms with Crippen molar-refractivity contribution in [2.75, 3.05) is 18.2 Å². The summed E-state index contributed by atoms with van der Waals surface area (Å²) in [5, 5.41) is 3.00. The molecule has 0 saturated heterocycles. The van der Waals surface area contributed by atoms with Gasteiger partial charge in [0.25, 0.3) is 0 Å². The van der Waals surface area contributed by atoms with Crippen LogP contribution in [-0.4, -0.2) is 22.1 Å². The van der Waals surface area contributed by atoms with E-state index >= 15 is 0 Å². The summed E-state index contributed by atoms with van der Waals surface area (Å²) in [6, 6.07) is 7.32. The van der Waals surface area contributed by atoms with Gasteiger partial charge in [0.2, 0.25) is 17.2 Å². The van der Waals surface area contributed by atoms with Crippen LogP contribution < -0.4 is 15.8 Å². The van der Waals surface area contributed by atoms with E-state index in [9.17, 15) is 0 Å². The average molecular weight is 252 g/mol. The molecule has 6 nitrogen and oxygen atoms in total. The van der Waals surface area contributed by atoms with Crippen LogP contribution in [0, 0.1) is 0 Å². The van der Waals surface area contributed by atoms with Gasteiger partial charge in [-0.2, -0.15) is 15.0 Å². The van der Waals surface area contributed by atoms with Gasteiger partial charge in [-0.3, -0.25) is 0 Å². The van der Waals surface area contributed by atoms with Gasteiger partial charge >= 0.3 is 0 Å². The van der Waals surface area contributed by atoms with Gasteiger partial charge in [-0.15, -0.1) is 0 Å². The van der Waals surface area contributed by atoms with Gasteiger partial charge in [0.05, 0.1) is 7.11 Å². The van der Waals surface area contributed by atoms with Crippen LogP contribution in [0.4, 0.5) is 17.6 Å². The van der Waals surface area contributed by atoms with Gasteiger partial charge < -0.3 is 15.8 Å². The summed E-state index contributed by atoms with van der Waals surface area (Å²) in [5.41, 5.74) is 6.23. The summed E-state index contributed by atoms with van der Waals surface area (Å²) >= 11 is 5.67. The fourth-order valence-corrected chi connectivity index (χ4v) is 1.42. The van der Waals surface area contributed by atoms with E-state index < -0.39 is 0 Å². The minimum absolute atomic E-state index is 0.0443. The van der Waals surface area contributed by atoms with E-state index in [1.54, 1.807) is 13.2 Å². The maximum absolute atomic E-state index is 5.67. The predicted octanol–water partition coefficient (Wildman–Crippen LogP) is 1.86. The molecule has 0 aliphatic carbocycles. The molecule has 7 heteroatoms. The Morgan fingerprint density at radius 3 is 2.82 bits per heavy atom. The van der Waals surface area contributed by atoms with E-state index in [0.29, 0.717) is 0 Å². The highest BCUT2D eigenvalue weighted by atomic mass is 35.5. The summed E-state index contributed by atoms with van der Waals surface area (Å²) in [6.07, 6.45) is 0. The number of ether oxygens (including phenoxy) is 1. The second-order valence-electron chi connectivity index (χ2n) is 3.14. The molecular weight excluding hydrogens is 242 g/mol. The van der Waals surface area contributed by atoms with E-state index in [4.69, 9.17) is 22.1 Å². The zero-order chi connectivity index (χ0) is 12.3. The lowest BCUT2D eigenvalue weighted by Crippen LogP contribution is -2.03. The van der Waals surface area contributed by atoms with Crippen LogP contribution in [0.25, 0.3) is 0 Å². The monoisotopic (exact) mass is 251 g/mol. The molecule has 1 heterocycles. The van der Waals surface area contributed by atoms with Crippen molar-refractivity contribution in [2.24, 2.45) is 0 Å². The number of hydrogen-bond donors (Lipinski definition) is 2. The first-order valence-corrected chi connectivity index (χ1v) is 5.13. The minimum Gasteiger partial charge on any atom is -0.497 e. The van der Waals surface area contributed by atoms with Gasteiger partial charge in [-0.1, -0.05) is 6.07 Å². The third kappa shape index (κ3) is 2.94. The van der Waals surface area contributed by atoms with Gasteiger partial charge in [0.1, 0.15) is 5.75 Å². The van der Waals surface area contributed by atoms with Crippen molar-refractivity contribution in [2.45, 2.75) is 0 Å². The molecule has 3 N–H and O–H groups in total. The lowest BCUT2D eigenvalue weighted by atomic mass is 10.3. The lowest BCUT2D eigenvalue weighted by Gasteiger charge is -2.06. The molecule has 0 radical (unpaired) electrons. The molecule has 0 bridgehead atoms. The molecule has 0 aliphatic rings. The number of hydrogen-bond acceptors (Lipinski definition) is 6. The largest absolute Gasteiger partial charge is 0.497 e. The molecule has 0 fully saturated rings. The quantitative estimate of drug-likeness (QED) is 0.866. The Morgan fingerprint density at radius 1 is 1.29 bits per heavy atom. The van der Waals surface area contributed by atoms with Crippen LogP contribution in [0.2, 0.25) is 5.28 Å². The number of rotatable bonds is 3. The molecule has 1 aromatic carbocycles. The minimum atomic E-state index is 0.0443. The Bertz CT molecular complexity index is 514. The molecule has 0 saturated carbocycles. The van der Waals surface area contributed by atoms with Crippen molar-refractivity contribution in [3.8, 4) is 5.75 Å². The number of nitrogen functional groups attached to an aromatic ring is 1. The third-order valence-electron chi connectivity index (χ3n) is 1.95. The van der Waals surface area contributed by atoms with Crippen LogP contribution in [0.1, 0.15) is 0 Å². The fourth-order valence-electron chi connectivity index (χ4n) is 1.25. The van der Waals surface area contributed by atoms with Crippen molar-refractivity contribution in [3.05, 3.63) is 29.5 Å². The SMILES string of the molecule is COc1cccc(Nc2nc(N)nc(Cl)n2)c1. The number of nitrogens with one attached hydrogen (secondary N) is 1. The first-order chi connectivity index (χ1) is 8.17. The summed E-state index contributed by atoms with van der Waals surface area (Å²) in [5.74, 6) is 1.08. The first-order valence-electron chi connectivity index (χ1n) is 4.75. The smallest absolute Gasteiger partial charge is 0.233 e. The van der Waals surface area contributed by atoms with Gasteiger partial charge in [-0.25, -0.2) is 0 Å². The van der Waals surface area contributed by atoms with Gasteiger partial charge in [-0.05, 0) is 23.7 Å². The molecule has 0 amide bonds. The van der Waals surface area contributed by atoms with Crippen LogP contribution in [0.15, 0.2) is 24.3 Å². The van der Waals surface area contributed by atoms with E-state index in [1.807, 2.05) is 18.2 Å². The number of benzene rings is 1. The number of nitrogens with two attached hydrogens (primary N) is 1. The Labute approximate surface area is 103 Å². The molecule has 17 heavy (non-hydrogen) atoms. The zero-order valence-electron chi connectivity index (χ0n) is 9.01. The second kappa shape index (κ2) is 4.84. The second-order valence-corrected chi connectivity index (χ2v) is 3.48. The molecule has 88 valence electrons. The summed E-state index contributed by atoms with van der Waals surface area (Å²) in [7, 11) is 1.59. The molecule has 2 aromatic rings. The number of nitrogens with zero attached hydrogens (tertiary/aromatic N) is 3. The van der Waals surface area contributed by atoms with Gasteiger partial charge in [0, 0.05) is 11.8 Å². The van der Waals surface area contributed by atoms with E-state index in [2.05, 4.69) is 20.3 Å². The molecule has 0 unspecified atom stereocenters. The molecule has 0 spiro atoms. The third-order valence-corrected chi connectivity index (χ3v) is 2.12. The number of methoxy groups -OCH3 is 1. The highest BCUT2D eigenvalue weighted by molar-refractivity contribution is 6.28. The molecule has 0 aliphatic heterocycles. The number of halogens is 1. The van der Waals surface area contributed by atoms with Crippen molar-refractivity contribution in [3.63, 3.8) is 0 Å². The fraction of sp³-hybridized carbons (Fsp3) is 0.100. The average Bonchev–Trinajstić information content (AvgIpc) is 2.28. The predicted molar refractivity (Wildman–Crippen MR) is 65.5 cm³/mol. The van der Waals surface area contributed by atoms with Crippen molar-refractivity contribution < 1.29 is 4.74 Å². The summed E-state index contributed by atoms with van der Waals surface area (Å²) < 4.78 is 5.10. The number of anilines is 3. The summed E-state index contributed by atoms with van der Waals surface area (Å²) in [6.45, 7) is 0. The van der Waals surface area contributed by atoms with Crippen molar-refractivity contribution >= 4 is 29.2 Å². The molecule has 1 aromatic heterocycles. The zero-order valence-corrected chi connectivity index (χ0v) is 9.77. The van der Waals surface area contributed by atoms with E-state index in [1.165, 1.54) is 0 Å². The standard InChI is InChI=1S/C10H10ClN5O/c1-17-7-4-2-3-6(5-7)13-10-15-8(11)14-9(12)16-10/h2-5H,1H3,(H3,12,13,14,15,16). The summed E-state index contributed by atoms with van der Waals surface area (Å²) in [4.78, 5) is 11.5. The highest BCUT2D eigenvalue weighted by Gasteiger charge is 2.03. The topological polar surface area (TPSA) is 86.0 Å². The van der Waals surface area contributed by atoms with Gasteiger partial charge in [0.15, 0.2) is 0 Å². The maximum Gasteiger partial charge on any atom is 0.233 e. The van der Waals surface area contributed by atoms with Crippen molar-refractivity contribution in [1.82, 2.24) is 15.0 Å². The Balaban J connectivity index is 2.24. The van der Waals surface area contributed by atoms with Crippen LogP contribution >= 0.6 is 11.6 Å². The van der Waals surface area contributed by atoms with Crippen LogP contribution in [0.3, 0.4) is 0 Å². The molecule has 0 atom stereocenters. The Hall–Kier alpha value is -2.08. The lowest BCUT2D eigenvalue weighted by molar-refractivity contribution is 0.415. The Kier molecular flexibility index (Phi) is 3.24. The highest BCUT2D eigenvalue weighted by Crippen LogP contribution is 2.20. The molecular formula is C10H10ClN5O. The van der Waals surface area contributed by atoms with E-state index in [0.717, 1.165) is 11.4 Å². The first kappa shape index (κ1) is 11.4.